The molecule has 17 heavy (non-hydrogen) atoms. The Hall–Kier alpha value is -1.03. The van der Waals surface area contributed by atoms with Crippen molar-refractivity contribution in [1.82, 2.24) is 20.4 Å². The number of carbonyl (C=O) groups excluding carboxylic acids is 1. The summed E-state index contributed by atoms with van der Waals surface area (Å²) in [4.78, 5) is 9.99. The normalized spacial score (nSPS) is 9.94. The molecule has 2 heterocycles. The molecule has 0 bridgehead atoms. The number of carbonyl (C=O) groups is 1. The van der Waals surface area contributed by atoms with Crippen LogP contribution in [0.2, 0.25) is 0 Å². The number of aromatic amines is 2. The van der Waals surface area contributed by atoms with E-state index in [9.17, 15) is 4.79 Å². The van der Waals surface area contributed by atoms with Crippen LogP contribution in [0.3, 0.4) is 0 Å². The first-order valence-corrected chi connectivity index (χ1v) is 5.83. The number of aliphatic hydroxyl groups excluding tert-OH is 1. The molecule has 2 aromatic rings. The average Bonchev–Trinajstić information content (AvgIpc) is 2.87. The lowest BCUT2D eigenvalue weighted by atomic mass is 10.4. The van der Waals surface area contributed by atoms with Crippen LogP contribution in [-0.2, 0) is 0 Å². The summed E-state index contributed by atoms with van der Waals surface area (Å²) in [6.07, 6.45) is 2.21. The van der Waals surface area contributed by atoms with E-state index in [1.165, 1.54) is 12.4 Å². The van der Waals surface area contributed by atoms with Gasteiger partial charge in [-0.25, -0.2) is 0 Å². The number of H-pyrrole nitrogens is 2. The third-order valence-corrected chi connectivity index (χ3v) is 2.88. The first kappa shape index (κ1) is 14.0. The van der Waals surface area contributed by atoms with Crippen LogP contribution in [0.1, 0.15) is 22.5 Å². The molecule has 92 valence electrons. The number of hydrogen-bond donors (Lipinski definition) is 4. The number of rotatable bonds is 2. The number of aromatic nitrogens is 4. The second-order valence-corrected chi connectivity index (χ2v) is 4.46. The predicted octanol–water partition coefficient (Wildman–Crippen LogP) is 1.14. The quantitative estimate of drug-likeness (QED) is 0.469. The number of nitrogens with one attached hydrogen (secondary N) is 2. The summed E-state index contributed by atoms with van der Waals surface area (Å²) in [7, 11) is 0. The number of aldehydes is 1. The van der Waals surface area contributed by atoms with Gasteiger partial charge in [-0.1, -0.05) is 0 Å². The third-order valence-electron chi connectivity index (χ3n) is 1.62. The van der Waals surface area contributed by atoms with Crippen LogP contribution in [-0.4, -0.2) is 36.9 Å². The Morgan fingerprint density at radius 2 is 1.76 bits per heavy atom. The zero-order valence-electron chi connectivity index (χ0n) is 8.26. The van der Waals surface area contributed by atoms with E-state index in [0.29, 0.717) is 20.9 Å². The van der Waals surface area contributed by atoms with Crippen molar-refractivity contribution in [3.8, 4) is 0 Å². The lowest BCUT2D eigenvalue weighted by molar-refractivity contribution is -0.0463. The summed E-state index contributed by atoms with van der Waals surface area (Å²) in [6.45, 7) is 0. The number of halogens is 2. The van der Waals surface area contributed by atoms with E-state index < -0.39 is 6.29 Å². The zero-order chi connectivity index (χ0) is 12.8. The van der Waals surface area contributed by atoms with Crippen LogP contribution < -0.4 is 0 Å². The number of hydrogen-bond acceptors (Lipinski definition) is 5. The second-order valence-electron chi connectivity index (χ2n) is 2.75. The molecule has 7 nitrogen and oxygen atoms in total. The van der Waals surface area contributed by atoms with Crippen LogP contribution in [0.5, 0.6) is 0 Å². The van der Waals surface area contributed by atoms with Crippen molar-refractivity contribution in [3.63, 3.8) is 0 Å². The number of nitrogens with zero attached hydrogens (tertiary/aromatic N) is 2. The number of aliphatic hydroxyl groups is 2. The minimum atomic E-state index is -1.48. The van der Waals surface area contributed by atoms with E-state index in [2.05, 4.69) is 52.3 Å². The Bertz CT molecular complexity index is 483. The highest BCUT2D eigenvalue weighted by molar-refractivity contribution is 9.10. The van der Waals surface area contributed by atoms with E-state index >= 15 is 0 Å². The molecule has 0 aliphatic carbocycles. The fraction of sp³-hybridized carbons (Fsp3) is 0.125. The summed E-state index contributed by atoms with van der Waals surface area (Å²) in [5.41, 5.74) is 0.750. The molecule has 0 amide bonds. The first-order valence-electron chi connectivity index (χ1n) is 4.25. The molecule has 0 radical (unpaired) electrons. The molecule has 2 aromatic heterocycles. The highest BCUT2D eigenvalue weighted by Crippen LogP contribution is 2.17. The van der Waals surface area contributed by atoms with Gasteiger partial charge in [-0.2, -0.15) is 10.2 Å². The minimum Gasteiger partial charge on any atom is -0.363 e. The van der Waals surface area contributed by atoms with Crippen molar-refractivity contribution in [1.29, 1.82) is 0 Å². The monoisotopic (exact) mass is 366 g/mol. The van der Waals surface area contributed by atoms with Gasteiger partial charge in [-0.3, -0.25) is 15.0 Å². The van der Waals surface area contributed by atoms with Gasteiger partial charge in [0.15, 0.2) is 12.6 Å². The molecule has 0 aliphatic heterocycles. The zero-order valence-corrected chi connectivity index (χ0v) is 11.4. The fourth-order valence-electron chi connectivity index (χ4n) is 0.827. The fourth-order valence-corrected chi connectivity index (χ4v) is 1.51. The summed E-state index contributed by atoms with van der Waals surface area (Å²) in [5.74, 6) is 0. The standard InChI is InChI=1S/C4H5BrN2O2.C4H3BrN2O/c5-2-1-6-7-3(2)4(8)9;5-3-1-6-7-4(3)2-8/h1,4,8-9H,(H,6,7);1-2H,(H,6,7). The molecule has 0 aliphatic rings. The van der Waals surface area contributed by atoms with Crippen molar-refractivity contribution in [2.45, 2.75) is 6.29 Å². The van der Waals surface area contributed by atoms with Crippen LogP contribution >= 0.6 is 31.9 Å². The Balaban J connectivity index is 0.000000171. The molecule has 0 unspecified atom stereocenters. The van der Waals surface area contributed by atoms with E-state index in [4.69, 9.17) is 10.2 Å². The van der Waals surface area contributed by atoms with Gasteiger partial charge in [0.25, 0.3) is 0 Å². The molecule has 0 fully saturated rings. The van der Waals surface area contributed by atoms with Crippen molar-refractivity contribution in [2.75, 3.05) is 0 Å². The van der Waals surface area contributed by atoms with E-state index in [-0.39, 0.29) is 5.69 Å². The summed E-state index contributed by atoms with van der Waals surface area (Å²) < 4.78 is 1.27. The lowest BCUT2D eigenvalue weighted by Crippen LogP contribution is -1.95. The van der Waals surface area contributed by atoms with Gasteiger partial charge >= 0.3 is 0 Å². The van der Waals surface area contributed by atoms with Gasteiger partial charge in [-0.05, 0) is 31.9 Å². The largest absolute Gasteiger partial charge is 0.363 e. The van der Waals surface area contributed by atoms with Gasteiger partial charge < -0.3 is 10.2 Å². The SMILES string of the molecule is O=Cc1[nH]ncc1Br.OC(O)c1[nH]ncc1Br. The molecule has 4 N–H and O–H groups in total. The highest BCUT2D eigenvalue weighted by Gasteiger charge is 2.07. The first-order chi connectivity index (χ1) is 8.06. The third kappa shape index (κ3) is 4.04. The highest BCUT2D eigenvalue weighted by atomic mass is 79.9. The van der Waals surface area contributed by atoms with Gasteiger partial charge in [-0.15, -0.1) is 0 Å². The van der Waals surface area contributed by atoms with Crippen LogP contribution in [0, 0.1) is 0 Å². The molecule has 0 aromatic carbocycles. The Labute approximate surface area is 113 Å². The summed E-state index contributed by atoms with van der Waals surface area (Å²) >= 11 is 6.15. The Morgan fingerprint density at radius 3 is 2.00 bits per heavy atom. The molecule has 0 atom stereocenters. The predicted molar refractivity (Wildman–Crippen MR) is 65.1 cm³/mol. The Kier molecular flexibility index (Phi) is 5.48. The van der Waals surface area contributed by atoms with Crippen molar-refractivity contribution in [3.05, 3.63) is 32.7 Å². The average molecular weight is 368 g/mol. The topological polar surface area (TPSA) is 115 Å². The molecule has 2 rings (SSSR count). The van der Waals surface area contributed by atoms with E-state index in [1.807, 2.05) is 0 Å². The van der Waals surface area contributed by atoms with Gasteiger partial charge in [0.2, 0.25) is 0 Å². The Morgan fingerprint density at radius 1 is 1.18 bits per heavy atom. The second kappa shape index (κ2) is 6.64. The van der Waals surface area contributed by atoms with Crippen molar-refractivity contribution < 1.29 is 15.0 Å². The lowest BCUT2D eigenvalue weighted by Gasteiger charge is -1.97. The summed E-state index contributed by atoms with van der Waals surface area (Å²) in [6, 6.07) is 0. The maximum atomic E-state index is 9.99. The summed E-state index contributed by atoms with van der Waals surface area (Å²) in [5, 5.41) is 29.1. The molecule has 9 heteroatoms. The molecule has 0 saturated carbocycles. The molecular weight excluding hydrogens is 360 g/mol. The van der Waals surface area contributed by atoms with Crippen molar-refractivity contribution in [2.24, 2.45) is 0 Å². The van der Waals surface area contributed by atoms with Crippen LogP contribution in [0.25, 0.3) is 0 Å². The molecular formula is C8H8Br2N4O3. The van der Waals surface area contributed by atoms with Crippen LogP contribution in [0.4, 0.5) is 0 Å². The van der Waals surface area contributed by atoms with Crippen molar-refractivity contribution >= 4 is 38.1 Å². The maximum absolute atomic E-state index is 9.99. The molecule has 0 saturated heterocycles. The van der Waals surface area contributed by atoms with Gasteiger partial charge in [0, 0.05) is 0 Å². The van der Waals surface area contributed by atoms with Gasteiger partial charge in [0.1, 0.15) is 11.4 Å². The molecule has 0 spiro atoms. The smallest absolute Gasteiger partial charge is 0.196 e. The van der Waals surface area contributed by atoms with E-state index in [1.54, 1.807) is 0 Å². The van der Waals surface area contributed by atoms with Crippen LogP contribution in [0.15, 0.2) is 21.3 Å². The van der Waals surface area contributed by atoms with E-state index in [0.717, 1.165) is 0 Å². The van der Waals surface area contributed by atoms with Gasteiger partial charge in [0.05, 0.1) is 21.3 Å². The minimum absolute atomic E-state index is 0.273. The maximum Gasteiger partial charge on any atom is 0.196 e.